The second-order valence-corrected chi connectivity index (χ2v) is 12.4. The molecule has 0 aromatic heterocycles. The maximum absolute atomic E-state index is 11.0. The van der Waals surface area contributed by atoms with E-state index < -0.39 is 0 Å². The van der Waals surface area contributed by atoms with E-state index in [1.165, 1.54) is 57.1 Å². The Bertz CT molecular complexity index is 560. The van der Waals surface area contributed by atoms with Gasteiger partial charge in [0.05, 0.1) is 11.0 Å². The second kappa shape index (κ2) is 6.13. The van der Waals surface area contributed by atoms with Crippen molar-refractivity contribution in [1.29, 1.82) is 0 Å². The van der Waals surface area contributed by atoms with Gasteiger partial charge >= 0.3 is 0 Å². The molecule has 0 radical (unpaired) electrons. The van der Waals surface area contributed by atoms with Crippen molar-refractivity contribution in [2.24, 2.45) is 40.4 Å². The highest BCUT2D eigenvalue weighted by molar-refractivity contribution is 8.00. The van der Waals surface area contributed by atoms with Gasteiger partial charge in [0.1, 0.15) is 0 Å². The van der Waals surface area contributed by atoms with E-state index in [4.69, 9.17) is 0 Å². The first-order valence-corrected chi connectivity index (χ1v) is 12.5. The molecule has 1 aliphatic heterocycles. The first-order chi connectivity index (χ1) is 12.4. The van der Waals surface area contributed by atoms with Gasteiger partial charge in [-0.15, -0.1) is 11.8 Å². The first-order valence-electron chi connectivity index (χ1n) is 11.5. The zero-order chi connectivity index (χ0) is 18.2. The summed E-state index contributed by atoms with van der Waals surface area (Å²) in [7, 11) is 0. The van der Waals surface area contributed by atoms with Crippen LogP contribution in [0.25, 0.3) is 0 Å². The maximum atomic E-state index is 11.0. The van der Waals surface area contributed by atoms with Gasteiger partial charge in [-0.2, -0.15) is 0 Å². The largest absolute Gasteiger partial charge is 0.390 e. The molecule has 0 bridgehead atoms. The molecule has 5 fully saturated rings. The number of nitrogens with one attached hydrogen (secondary N) is 1. The molecule has 3 heteroatoms. The maximum Gasteiger partial charge on any atom is 0.0913 e. The third-order valence-electron chi connectivity index (χ3n) is 10.3. The summed E-state index contributed by atoms with van der Waals surface area (Å²) < 4.78 is 0. The van der Waals surface area contributed by atoms with Crippen LogP contribution in [0.5, 0.6) is 0 Å². The molecule has 0 aromatic rings. The summed E-state index contributed by atoms with van der Waals surface area (Å²) in [6, 6.07) is 0. The Hall–Kier alpha value is 0.270. The van der Waals surface area contributed by atoms with E-state index >= 15 is 0 Å². The minimum absolute atomic E-state index is 0.0322. The van der Waals surface area contributed by atoms with Crippen molar-refractivity contribution in [2.45, 2.75) is 89.5 Å². The van der Waals surface area contributed by atoms with Crippen molar-refractivity contribution in [3.05, 3.63) is 0 Å². The highest BCUT2D eigenvalue weighted by Crippen LogP contribution is 2.69. The smallest absolute Gasteiger partial charge is 0.0913 e. The van der Waals surface area contributed by atoms with Crippen LogP contribution in [0.4, 0.5) is 0 Å². The zero-order valence-electron chi connectivity index (χ0n) is 17.1. The fourth-order valence-electron chi connectivity index (χ4n) is 8.99. The summed E-state index contributed by atoms with van der Waals surface area (Å²) in [6.45, 7) is 8.80. The molecule has 5 rings (SSSR count). The van der Waals surface area contributed by atoms with E-state index in [0.717, 1.165) is 42.6 Å². The van der Waals surface area contributed by atoms with Gasteiger partial charge < -0.3 is 5.11 Å². The van der Waals surface area contributed by atoms with Gasteiger partial charge in [0.15, 0.2) is 0 Å². The highest BCUT2D eigenvalue weighted by Gasteiger charge is 2.63. The van der Waals surface area contributed by atoms with Crippen molar-refractivity contribution in [3.8, 4) is 0 Å². The third kappa shape index (κ3) is 2.32. The van der Waals surface area contributed by atoms with Crippen LogP contribution >= 0.6 is 11.8 Å². The van der Waals surface area contributed by atoms with Gasteiger partial charge in [-0.25, -0.2) is 0 Å². The van der Waals surface area contributed by atoms with E-state index in [-0.39, 0.29) is 11.0 Å². The number of aliphatic hydroxyl groups is 1. The van der Waals surface area contributed by atoms with Crippen molar-refractivity contribution in [3.63, 3.8) is 0 Å². The molecule has 2 nitrogen and oxygen atoms in total. The van der Waals surface area contributed by atoms with Crippen LogP contribution in [-0.4, -0.2) is 28.4 Å². The van der Waals surface area contributed by atoms with Crippen molar-refractivity contribution in [2.75, 3.05) is 12.3 Å². The molecule has 9 atom stereocenters. The topological polar surface area (TPSA) is 32.3 Å². The highest BCUT2D eigenvalue weighted by atomic mass is 32.2. The summed E-state index contributed by atoms with van der Waals surface area (Å²) in [5.41, 5.74) is 1.07. The molecule has 1 spiro atoms. The molecular formula is C23H39NOS. The summed E-state index contributed by atoms with van der Waals surface area (Å²) in [5.74, 6) is 5.75. The van der Waals surface area contributed by atoms with Crippen LogP contribution < -0.4 is 5.32 Å². The first kappa shape index (κ1) is 18.3. The molecule has 0 amide bonds. The second-order valence-electron chi connectivity index (χ2n) is 11.0. The molecule has 26 heavy (non-hydrogen) atoms. The van der Waals surface area contributed by atoms with E-state index in [2.05, 4.69) is 26.1 Å². The van der Waals surface area contributed by atoms with Crippen LogP contribution in [-0.2, 0) is 0 Å². The van der Waals surface area contributed by atoms with Crippen molar-refractivity contribution in [1.82, 2.24) is 5.32 Å². The molecule has 1 heterocycles. The fourth-order valence-corrected chi connectivity index (χ4v) is 10.5. The van der Waals surface area contributed by atoms with Gasteiger partial charge in [0.25, 0.3) is 0 Å². The van der Waals surface area contributed by atoms with E-state index in [0.29, 0.717) is 10.8 Å². The minimum atomic E-state index is -0.144. The van der Waals surface area contributed by atoms with Gasteiger partial charge in [-0.1, -0.05) is 27.2 Å². The van der Waals surface area contributed by atoms with Gasteiger partial charge in [-0.3, -0.25) is 5.32 Å². The lowest BCUT2D eigenvalue weighted by atomic mass is 9.44. The quantitative estimate of drug-likeness (QED) is 0.670. The standard InChI is InChI=1S/C23H39NOS/c1-4-15-6-8-18-17-7-5-16-13-20(25)23(24-11-12-26-23)14-22(16,3)19(17)9-10-21(15,18)2/h15-20,24-25H,4-14H2,1-3H3/t15-,16-,17?,18?,19?,20-,21+,22-,23?/m0/s1. The number of hydrogen-bond acceptors (Lipinski definition) is 3. The molecule has 2 N–H and O–H groups in total. The Morgan fingerprint density at radius 2 is 1.85 bits per heavy atom. The van der Waals surface area contributed by atoms with Gasteiger partial charge in [0, 0.05) is 12.3 Å². The average Bonchev–Trinajstić information content (AvgIpc) is 3.21. The van der Waals surface area contributed by atoms with Crippen molar-refractivity contribution >= 4 is 11.8 Å². The van der Waals surface area contributed by atoms with E-state index in [9.17, 15) is 5.11 Å². The summed E-state index contributed by atoms with van der Waals surface area (Å²) >= 11 is 2.03. The van der Waals surface area contributed by atoms with E-state index in [1.54, 1.807) is 0 Å². The lowest BCUT2D eigenvalue weighted by Crippen LogP contribution is -2.62. The van der Waals surface area contributed by atoms with Crippen LogP contribution in [0.1, 0.15) is 78.6 Å². The number of fused-ring (bicyclic) bond motifs is 5. The Morgan fingerprint density at radius 1 is 1.04 bits per heavy atom. The monoisotopic (exact) mass is 377 g/mol. The molecular weight excluding hydrogens is 338 g/mol. The molecule has 4 unspecified atom stereocenters. The Balaban J connectivity index is 1.45. The zero-order valence-corrected chi connectivity index (χ0v) is 17.9. The summed E-state index contributed by atoms with van der Waals surface area (Å²) in [5, 5.41) is 14.7. The SMILES string of the molecule is CC[C@H]1CCC2C3CC[C@H]4C[C@H](O)C5(C[C@]4(C)C3CC[C@@]21C)NCCS5. The molecule has 4 aliphatic carbocycles. The Labute approximate surface area is 164 Å². The van der Waals surface area contributed by atoms with Crippen LogP contribution in [0.2, 0.25) is 0 Å². The minimum Gasteiger partial charge on any atom is -0.390 e. The lowest BCUT2D eigenvalue weighted by Gasteiger charge is -2.63. The lowest BCUT2D eigenvalue weighted by molar-refractivity contribution is -0.138. The molecule has 148 valence electrons. The van der Waals surface area contributed by atoms with Crippen LogP contribution in [0.15, 0.2) is 0 Å². The number of rotatable bonds is 1. The van der Waals surface area contributed by atoms with Crippen molar-refractivity contribution < 1.29 is 5.11 Å². The Morgan fingerprint density at radius 3 is 2.58 bits per heavy atom. The van der Waals surface area contributed by atoms with Crippen LogP contribution in [0.3, 0.4) is 0 Å². The third-order valence-corrected chi connectivity index (χ3v) is 11.8. The molecule has 1 saturated heterocycles. The van der Waals surface area contributed by atoms with Crippen LogP contribution in [0, 0.1) is 40.4 Å². The number of hydrogen-bond donors (Lipinski definition) is 2. The molecule has 4 saturated carbocycles. The average molecular weight is 378 g/mol. The van der Waals surface area contributed by atoms with Gasteiger partial charge in [-0.05, 0) is 91.8 Å². The predicted molar refractivity (Wildman–Crippen MR) is 110 cm³/mol. The van der Waals surface area contributed by atoms with Gasteiger partial charge in [0.2, 0.25) is 0 Å². The fraction of sp³-hybridized carbons (Fsp3) is 1.00. The Kier molecular flexibility index (Phi) is 4.32. The predicted octanol–water partition coefficient (Wildman–Crippen LogP) is 5.06. The summed E-state index contributed by atoms with van der Waals surface area (Å²) in [4.78, 5) is -0.0322. The molecule has 0 aromatic carbocycles. The number of aliphatic hydroxyl groups excluding tert-OH is 1. The summed E-state index contributed by atoms with van der Waals surface area (Å²) in [6.07, 6.45) is 12.2. The molecule has 5 aliphatic rings. The van der Waals surface area contributed by atoms with E-state index in [1.807, 2.05) is 11.8 Å². The number of thioether (sulfide) groups is 1. The normalized spacial score (nSPS) is 59.1.